The normalized spacial score (nSPS) is 16.5. The van der Waals surface area contributed by atoms with Gasteiger partial charge in [-0.05, 0) is 19.3 Å². The Morgan fingerprint density at radius 3 is 2.25 bits per heavy atom. The Morgan fingerprint density at radius 2 is 1.92 bits per heavy atom. The molecule has 4 N–H and O–H groups in total. The number of nitrogens with one attached hydrogen (secondary N) is 1. The Kier molecular flexibility index (Phi) is 6.34. The molecule has 0 aliphatic rings. The molecule has 0 spiro atoms. The highest BCUT2D eigenvalue weighted by Gasteiger charge is 2.11. The van der Waals surface area contributed by atoms with Crippen molar-refractivity contribution in [2.24, 2.45) is 11.7 Å². The molecular weight excluding hydrogens is 152 g/mol. The largest absolute Gasteiger partial charge is 0.395 e. The van der Waals surface area contributed by atoms with E-state index >= 15 is 0 Å². The van der Waals surface area contributed by atoms with E-state index in [-0.39, 0.29) is 12.6 Å². The SMILES string of the molecule is CC(C)CC(CO)NC(C)CN. The van der Waals surface area contributed by atoms with Gasteiger partial charge >= 0.3 is 0 Å². The maximum Gasteiger partial charge on any atom is 0.0584 e. The summed E-state index contributed by atoms with van der Waals surface area (Å²) in [6, 6.07) is 0.490. The summed E-state index contributed by atoms with van der Waals surface area (Å²) in [5.74, 6) is 0.611. The number of hydrogen-bond acceptors (Lipinski definition) is 3. The third-order valence-corrected chi connectivity index (χ3v) is 1.85. The van der Waals surface area contributed by atoms with Crippen LogP contribution in [0.1, 0.15) is 27.2 Å². The number of aliphatic hydroxyl groups is 1. The highest BCUT2D eigenvalue weighted by molar-refractivity contribution is 4.72. The van der Waals surface area contributed by atoms with Crippen LogP contribution in [-0.2, 0) is 0 Å². The second-order valence-electron chi connectivity index (χ2n) is 3.81. The molecule has 0 rings (SSSR count). The monoisotopic (exact) mass is 174 g/mol. The van der Waals surface area contributed by atoms with Crippen molar-refractivity contribution in [3.05, 3.63) is 0 Å². The van der Waals surface area contributed by atoms with E-state index in [1.165, 1.54) is 0 Å². The van der Waals surface area contributed by atoms with Gasteiger partial charge < -0.3 is 16.2 Å². The quantitative estimate of drug-likeness (QED) is 0.544. The third-order valence-electron chi connectivity index (χ3n) is 1.85. The van der Waals surface area contributed by atoms with E-state index in [1.54, 1.807) is 0 Å². The summed E-state index contributed by atoms with van der Waals surface area (Å²) in [5, 5.41) is 12.3. The molecule has 0 bridgehead atoms. The van der Waals surface area contributed by atoms with E-state index in [2.05, 4.69) is 19.2 Å². The molecule has 0 saturated heterocycles. The van der Waals surface area contributed by atoms with E-state index < -0.39 is 0 Å². The van der Waals surface area contributed by atoms with E-state index in [4.69, 9.17) is 10.8 Å². The van der Waals surface area contributed by atoms with Gasteiger partial charge in [-0.1, -0.05) is 13.8 Å². The molecular formula is C9H22N2O. The molecule has 0 aliphatic carbocycles. The highest BCUT2D eigenvalue weighted by atomic mass is 16.3. The number of rotatable bonds is 6. The molecule has 0 aliphatic heterocycles. The van der Waals surface area contributed by atoms with E-state index in [9.17, 15) is 0 Å². The molecule has 74 valence electrons. The number of aliphatic hydroxyl groups excluding tert-OH is 1. The van der Waals surface area contributed by atoms with Gasteiger partial charge in [-0.25, -0.2) is 0 Å². The van der Waals surface area contributed by atoms with Gasteiger partial charge in [0.15, 0.2) is 0 Å². The molecule has 0 aromatic rings. The lowest BCUT2D eigenvalue weighted by molar-refractivity contribution is 0.216. The first-order valence-corrected chi connectivity index (χ1v) is 4.67. The van der Waals surface area contributed by atoms with Crippen LogP contribution in [0.25, 0.3) is 0 Å². The van der Waals surface area contributed by atoms with Crippen molar-refractivity contribution in [1.29, 1.82) is 0 Å². The summed E-state index contributed by atoms with van der Waals surface area (Å²) in [5.41, 5.74) is 5.46. The fourth-order valence-electron chi connectivity index (χ4n) is 1.23. The standard InChI is InChI=1S/C9H22N2O/c1-7(2)4-9(6-12)11-8(3)5-10/h7-9,11-12H,4-6,10H2,1-3H3. The van der Waals surface area contributed by atoms with Crippen molar-refractivity contribution in [3.63, 3.8) is 0 Å². The minimum absolute atomic E-state index is 0.197. The van der Waals surface area contributed by atoms with Crippen molar-refractivity contribution in [2.75, 3.05) is 13.2 Å². The van der Waals surface area contributed by atoms with Crippen LogP contribution in [0, 0.1) is 5.92 Å². The molecule has 2 unspecified atom stereocenters. The van der Waals surface area contributed by atoms with Crippen molar-refractivity contribution in [3.8, 4) is 0 Å². The van der Waals surface area contributed by atoms with Gasteiger partial charge in [-0.15, -0.1) is 0 Å². The zero-order valence-corrected chi connectivity index (χ0v) is 8.38. The maximum atomic E-state index is 9.02. The van der Waals surface area contributed by atoms with E-state index in [0.29, 0.717) is 18.5 Å². The van der Waals surface area contributed by atoms with Gasteiger partial charge in [0, 0.05) is 18.6 Å². The van der Waals surface area contributed by atoms with Crippen LogP contribution >= 0.6 is 0 Å². The molecule has 0 fully saturated rings. The summed E-state index contributed by atoms with van der Waals surface area (Å²) in [4.78, 5) is 0. The van der Waals surface area contributed by atoms with Crippen molar-refractivity contribution in [2.45, 2.75) is 39.3 Å². The second kappa shape index (κ2) is 6.40. The highest BCUT2D eigenvalue weighted by Crippen LogP contribution is 2.04. The fourth-order valence-corrected chi connectivity index (χ4v) is 1.23. The summed E-state index contributed by atoms with van der Waals surface area (Å²) >= 11 is 0. The van der Waals surface area contributed by atoms with Crippen molar-refractivity contribution in [1.82, 2.24) is 5.32 Å². The van der Waals surface area contributed by atoms with E-state index in [1.807, 2.05) is 6.92 Å². The summed E-state index contributed by atoms with van der Waals surface area (Å²) in [6.07, 6.45) is 1.00. The Labute approximate surface area is 75.3 Å². The van der Waals surface area contributed by atoms with Crippen molar-refractivity contribution >= 4 is 0 Å². The molecule has 0 radical (unpaired) electrons. The second-order valence-corrected chi connectivity index (χ2v) is 3.81. The van der Waals surface area contributed by atoms with Gasteiger partial charge in [0.1, 0.15) is 0 Å². The molecule has 0 aromatic heterocycles. The Bertz CT molecular complexity index is 107. The lowest BCUT2D eigenvalue weighted by Gasteiger charge is -2.22. The van der Waals surface area contributed by atoms with Gasteiger partial charge in [-0.3, -0.25) is 0 Å². The summed E-state index contributed by atoms with van der Waals surface area (Å²) < 4.78 is 0. The summed E-state index contributed by atoms with van der Waals surface area (Å²) in [7, 11) is 0. The Balaban J connectivity index is 3.66. The molecule has 0 amide bonds. The first-order chi connectivity index (χ1) is 5.60. The molecule has 2 atom stereocenters. The van der Waals surface area contributed by atoms with Crippen LogP contribution in [0.5, 0.6) is 0 Å². The average Bonchev–Trinajstić information content (AvgIpc) is 2.02. The zero-order valence-electron chi connectivity index (χ0n) is 8.38. The van der Waals surface area contributed by atoms with Crippen LogP contribution in [0.2, 0.25) is 0 Å². The Hall–Kier alpha value is -0.120. The maximum absolute atomic E-state index is 9.02. The first kappa shape index (κ1) is 11.9. The zero-order chi connectivity index (χ0) is 9.56. The number of hydrogen-bond donors (Lipinski definition) is 3. The average molecular weight is 174 g/mol. The van der Waals surface area contributed by atoms with Crippen LogP contribution in [0.3, 0.4) is 0 Å². The predicted molar refractivity (Wildman–Crippen MR) is 52.0 cm³/mol. The van der Waals surface area contributed by atoms with Gasteiger partial charge in [0.25, 0.3) is 0 Å². The molecule has 12 heavy (non-hydrogen) atoms. The van der Waals surface area contributed by atoms with Gasteiger partial charge in [0.05, 0.1) is 6.61 Å². The molecule has 0 saturated carbocycles. The van der Waals surface area contributed by atoms with Crippen LogP contribution in [-0.4, -0.2) is 30.3 Å². The minimum atomic E-state index is 0.197. The lowest BCUT2D eigenvalue weighted by atomic mass is 10.0. The molecule has 3 heteroatoms. The smallest absolute Gasteiger partial charge is 0.0584 e. The fraction of sp³-hybridized carbons (Fsp3) is 1.00. The minimum Gasteiger partial charge on any atom is -0.395 e. The Morgan fingerprint density at radius 1 is 1.33 bits per heavy atom. The van der Waals surface area contributed by atoms with Crippen molar-refractivity contribution < 1.29 is 5.11 Å². The van der Waals surface area contributed by atoms with Crippen LogP contribution in [0.15, 0.2) is 0 Å². The lowest BCUT2D eigenvalue weighted by Crippen LogP contribution is -2.43. The van der Waals surface area contributed by atoms with Crippen LogP contribution in [0.4, 0.5) is 0 Å². The predicted octanol–water partition coefficient (Wildman–Crippen LogP) is 0.330. The van der Waals surface area contributed by atoms with Gasteiger partial charge in [0.2, 0.25) is 0 Å². The summed E-state index contributed by atoms with van der Waals surface area (Å²) in [6.45, 7) is 7.15. The van der Waals surface area contributed by atoms with Crippen LogP contribution < -0.4 is 11.1 Å². The van der Waals surface area contributed by atoms with E-state index in [0.717, 1.165) is 6.42 Å². The topological polar surface area (TPSA) is 58.3 Å². The third kappa shape index (κ3) is 5.52. The number of nitrogens with two attached hydrogens (primary N) is 1. The first-order valence-electron chi connectivity index (χ1n) is 4.67. The molecule has 0 aromatic carbocycles. The molecule has 3 nitrogen and oxygen atoms in total. The van der Waals surface area contributed by atoms with Gasteiger partial charge in [-0.2, -0.15) is 0 Å². The molecule has 0 heterocycles.